The lowest BCUT2D eigenvalue weighted by Gasteiger charge is -2.12. The second-order valence-corrected chi connectivity index (χ2v) is 7.26. The molecule has 2 heterocycles. The second-order valence-electron chi connectivity index (χ2n) is 5.94. The highest BCUT2D eigenvalue weighted by Crippen LogP contribution is 2.38. The number of halogens is 5. The average molecular weight is 443 g/mol. The Morgan fingerprint density at radius 1 is 1.15 bits per heavy atom. The van der Waals surface area contributed by atoms with Crippen molar-refractivity contribution in [2.45, 2.75) is 12.6 Å². The van der Waals surface area contributed by atoms with E-state index < -0.39 is 11.7 Å². The van der Waals surface area contributed by atoms with Crippen molar-refractivity contribution in [1.82, 2.24) is 9.78 Å². The maximum Gasteiger partial charge on any atom is 0.416 e. The lowest BCUT2D eigenvalue weighted by atomic mass is 10.1. The molecule has 1 aliphatic rings. The third-order valence-corrected chi connectivity index (χ3v) is 5.06. The maximum atomic E-state index is 13.1. The number of aromatic nitrogens is 2. The Morgan fingerprint density at radius 2 is 1.96 bits per heavy atom. The fourth-order valence-electron chi connectivity index (χ4n) is 3.07. The molecule has 0 radical (unpaired) electrons. The number of alkyl halides is 3. The molecular weight excluding hydrogens is 431 g/mol. The van der Waals surface area contributed by atoms with E-state index in [4.69, 9.17) is 11.6 Å². The minimum absolute atomic E-state index is 0.202. The Labute approximate surface area is 160 Å². The van der Waals surface area contributed by atoms with Gasteiger partial charge in [0.2, 0.25) is 0 Å². The molecule has 3 nitrogen and oxygen atoms in total. The molecule has 3 aromatic rings. The molecule has 0 saturated heterocycles. The number of anilines is 1. The molecule has 2 aromatic carbocycles. The zero-order valence-electron chi connectivity index (χ0n) is 13.2. The molecule has 134 valence electrons. The molecule has 0 bridgehead atoms. The molecule has 0 spiro atoms. The van der Waals surface area contributed by atoms with E-state index in [9.17, 15) is 13.2 Å². The minimum Gasteiger partial charge on any atom is -0.369 e. The molecular formula is C18H12BrClF3N3. The predicted octanol–water partition coefficient (Wildman–Crippen LogP) is 5.94. The summed E-state index contributed by atoms with van der Waals surface area (Å²) in [4.78, 5) is 0. The van der Waals surface area contributed by atoms with Crippen molar-refractivity contribution in [2.24, 2.45) is 0 Å². The van der Waals surface area contributed by atoms with Gasteiger partial charge in [0.1, 0.15) is 5.82 Å². The second kappa shape index (κ2) is 6.32. The summed E-state index contributed by atoms with van der Waals surface area (Å²) in [5.74, 6) is 0.682. The summed E-state index contributed by atoms with van der Waals surface area (Å²) in [7, 11) is 0. The highest BCUT2D eigenvalue weighted by Gasteiger charge is 2.32. The first-order chi connectivity index (χ1) is 12.3. The lowest BCUT2D eigenvalue weighted by molar-refractivity contribution is -0.137. The van der Waals surface area contributed by atoms with E-state index in [-0.39, 0.29) is 10.7 Å². The van der Waals surface area contributed by atoms with Crippen LogP contribution >= 0.6 is 27.5 Å². The third-order valence-electron chi connectivity index (χ3n) is 4.25. The highest BCUT2D eigenvalue weighted by atomic mass is 79.9. The zero-order valence-corrected chi connectivity index (χ0v) is 15.6. The number of benzene rings is 2. The van der Waals surface area contributed by atoms with Gasteiger partial charge >= 0.3 is 6.18 Å². The van der Waals surface area contributed by atoms with Gasteiger partial charge in [-0.25, -0.2) is 4.68 Å². The fourth-order valence-corrected chi connectivity index (χ4v) is 3.66. The van der Waals surface area contributed by atoms with Crippen molar-refractivity contribution in [2.75, 3.05) is 11.9 Å². The summed E-state index contributed by atoms with van der Waals surface area (Å²) in [6, 6.07) is 10.9. The molecule has 4 rings (SSSR count). The van der Waals surface area contributed by atoms with Crippen molar-refractivity contribution in [1.29, 1.82) is 0 Å². The molecule has 1 N–H and O–H groups in total. The number of fused-ring (bicyclic) bond motifs is 1. The van der Waals surface area contributed by atoms with Crippen molar-refractivity contribution in [3.8, 4) is 16.9 Å². The van der Waals surface area contributed by atoms with Crippen LogP contribution in [0.25, 0.3) is 16.9 Å². The molecule has 0 aliphatic carbocycles. The summed E-state index contributed by atoms with van der Waals surface area (Å²) in [5, 5.41) is 7.99. The van der Waals surface area contributed by atoms with E-state index >= 15 is 0 Å². The summed E-state index contributed by atoms with van der Waals surface area (Å²) >= 11 is 9.64. The van der Waals surface area contributed by atoms with Crippen LogP contribution in [-0.4, -0.2) is 16.3 Å². The standard InChI is InChI=1S/C18H12BrClF3N3/c19-12-3-1-2-10(8-12)16-13-6-7-24-17(13)26(25-16)15-9-11(18(21,22)23)4-5-14(15)20/h1-5,8-9,24H,6-7H2. The van der Waals surface area contributed by atoms with Gasteiger partial charge in [0.05, 0.1) is 22.0 Å². The first-order valence-electron chi connectivity index (χ1n) is 7.83. The Bertz CT molecular complexity index is 998. The van der Waals surface area contributed by atoms with Gasteiger partial charge in [-0.1, -0.05) is 39.7 Å². The molecule has 1 aromatic heterocycles. The van der Waals surface area contributed by atoms with Crippen LogP contribution in [0.4, 0.5) is 19.0 Å². The Morgan fingerprint density at radius 3 is 2.69 bits per heavy atom. The number of nitrogens with zero attached hydrogens (tertiary/aromatic N) is 2. The first-order valence-corrected chi connectivity index (χ1v) is 9.00. The number of hydrogen-bond acceptors (Lipinski definition) is 2. The van der Waals surface area contributed by atoms with Gasteiger partial charge in [0.25, 0.3) is 0 Å². The van der Waals surface area contributed by atoms with Crippen LogP contribution in [0.15, 0.2) is 46.9 Å². The van der Waals surface area contributed by atoms with Crippen LogP contribution < -0.4 is 5.32 Å². The van der Waals surface area contributed by atoms with Crippen LogP contribution in [0.5, 0.6) is 0 Å². The monoisotopic (exact) mass is 441 g/mol. The van der Waals surface area contributed by atoms with E-state index in [2.05, 4.69) is 26.3 Å². The van der Waals surface area contributed by atoms with E-state index in [1.54, 1.807) is 0 Å². The third kappa shape index (κ3) is 2.99. The molecule has 1 aliphatic heterocycles. The molecule has 0 fully saturated rings. The summed E-state index contributed by atoms with van der Waals surface area (Å²) in [6.45, 7) is 0.699. The molecule has 0 unspecified atom stereocenters. The summed E-state index contributed by atoms with van der Waals surface area (Å²) in [5.41, 5.74) is 2.04. The Balaban J connectivity index is 1.91. The topological polar surface area (TPSA) is 29.9 Å². The summed E-state index contributed by atoms with van der Waals surface area (Å²) in [6.07, 6.45) is -3.70. The SMILES string of the molecule is FC(F)(F)c1ccc(Cl)c(-n2nc(-c3cccc(Br)c3)c3c2NCC3)c1. The Hall–Kier alpha value is -1.99. The van der Waals surface area contributed by atoms with Crippen LogP contribution in [0.3, 0.4) is 0 Å². The number of hydrogen-bond donors (Lipinski definition) is 1. The van der Waals surface area contributed by atoms with Gasteiger partial charge in [0.15, 0.2) is 0 Å². The number of nitrogens with one attached hydrogen (secondary N) is 1. The van der Waals surface area contributed by atoms with E-state index in [1.807, 2.05) is 24.3 Å². The van der Waals surface area contributed by atoms with E-state index in [1.165, 1.54) is 10.7 Å². The lowest BCUT2D eigenvalue weighted by Crippen LogP contribution is -2.09. The van der Waals surface area contributed by atoms with Gasteiger partial charge in [0, 0.05) is 22.1 Å². The fraction of sp³-hybridized carbons (Fsp3) is 0.167. The molecule has 8 heteroatoms. The van der Waals surface area contributed by atoms with Crippen LogP contribution in [0.2, 0.25) is 5.02 Å². The van der Waals surface area contributed by atoms with Gasteiger partial charge in [-0.2, -0.15) is 18.3 Å². The van der Waals surface area contributed by atoms with Crippen molar-refractivity contribution >= 4 is 33.3 Å². The first kappa shape index (κ1) is 17.4. The van der Waals surface area contributed by atoms with Crippen molar-refractivity contribution in [3.05, 3.63) is 63.1 Å². The van der Waals surface area contributed by atoms with E-state index in [0.717, 1.165) is 39.8 Å². The summed E-state index contributed by atoms with van der Waals surface area (Å²) < 4.78 is 41.7. The van der Waals surface area contributed by atoms with Crippen molar-refractivity contribution in [3.63, 3.8) is 0 Å². The predicted molar refractivity (Wildman–Crippen MR) is 98.9 cm³/mol. The molecule has 0 amide bonds. The zero-order chi connectivity index (χ0) is 18.5. The van der Waals surface area contributed by atoms with Gasteiger partial charge in [-0.3, -0.25) is 0 Å². The molecule has 0 saturated carbocycles. The average Bonchev–Trinajstić information content (AvgIpc) is 3.16. The smallest absolute Gasteiger partial charge is 0.369 e. The molecule has 26 heavy (non-hydrogen) atoms. The van der Waals surface area contributed by atoms with Crippen LogP contribution in [0.1, 0.15) is 11.1 Å². The number of rotatable bonds is 2. The van der Waals surface area contributed by atoms with Gasteiger partial charge in [-0.05, 0) is 36.8 Å². The van der Waals surface area contributed by atoms with Crippen molar-refractivity contribution < 1.29 is 13.2 Å². The minimum atomic E-state index is -4.45. The maximum absolute atomic E-state index is 13.1. The van der Waals surface area contributed by atoms with Gasteiger partial charge < -0.3 is 5.32 Å². The van der Waals surface area contributed by atoms with Crippen LogP contribution in [-0.2, 0) is 12.6 Å². The van der Waals surface area contributed by atoms with Gasteiger partial charge in [-0.15, -0.1) is 0 Å². The Kier molecular flexibility index (Phi) is 4.23. The van der Waals surface area contributed by atoms with E-state index in [0.29, 0.717) is 12.4 Å². The normalized spacial score (nSPS) is 13.6. The van der Waals surface area contributed by atoms with Crippen LogP contribution in [0, 0.1) is 0 Å². The largest absolute Gasteiger partial charge is 0.416 e. The molecule has 0 atom stereocenters. The quantitative estimate of drug-likeness (QED) is 0.532. The highest BCUT2D eigenvalue weighted by molar-refractivity contribution is 9.10.